The monoisotopic (exact) mass is 785 g/mol. The molecule has 3 heterocycles. The maximum Gasteiger partial charge on any atom is 0.169 e. The largest absolute Gasteiger partial charge is 0.455 e. The third-order valence-electron chi connectivity index (χ3n) is 12.7. The van der Waals surface area contributed by atoms with Gasteiger partial charge in [-0.1, -0.05) is 152 Å². The molecule has 0 aliphatic rings. The summed E-state index contributed by atoms with van der Waals surface area (Å²) in [4.78, 5) is 0. The van der Waals surface area contributed by atoms with Crippen molar-refractivity contribution < 1.29 is 4.42 Å². The number of hydrogen-bond acceptors (Lipinski definition) is 3. The Labute approximate surface area is 355 Å². The van der Waals surface area contributed by atoms with Gasteiger partial charge in [-0.05, 0) is 81.6 Å². The summed E-state index contributed by atoms with van der Waals surface area (Å²) < 4.78 is 8.97. The van der Waals surface area contributed by atoms with E-state index in [0.29, 0.717) is 0 Å². The summed E-state index contributed by atoms with van der Waals surface area (Å²) in [5.41, 5.74) is 12.3. The first-order valence-electron chi connectivity index (χ1n) is 20.5. The third kappa shape index (κ3) is 5.90. The molecule has 0 atom stereocenters. The molecule has 0 fully saturated rings. The second-order valence-electron chi connectivity index (χ2n) is 15.9. The van der Waals surface area contributed by atoms with Gasteiger partial charge >= 0.3 is 0 Å². The highest BCUT2D eigenvalue weighted by Gasteiger charge is 2.23. The Morgan fingerprint density at radius 3 is 1.70 bits per heavy atom. The summed E-state index contributed by atoms with van der Waals surface area (Å²) in [6.45, 7) is 22.4. The highest BCUT2D eigenvalue weighted by atomic mass is 16.3. The molecule has 61 heavy (non-hydrogen) atoms. The minimum atomic E-state index is -0.491. The van der Waals surface area contributed by atoms with Crippen molar-refractivity contribution in [2.24, 2.45) is 0 Å². The molecule has 0 N–H and O–H groups in total. The standard InChI is InChI=1S/C57H43N3O/c1-7-56(6,8-2)43-29-24-38(25-30-43)42-35-48(53-50(36-42)49-34-41(28-33-52(49)61-53)37-26-31-44(32-27-37)57(9-3,10-4)11-5)39-20-22-40(23-21-39)54-58-59-55-47-18-13-12-16-45(47)46-17-14-15-19-51(46)60(54)55/h7-36H,1-5H2,6H3. The van der Waals surface area contributed by atoms with Gasteiger partial charge in [0.15, 0.2) is 11.5 Å². The first-order valence-corrected chi connectivity index (χ1v) is 20.5. The van der Waals surface area contributed by atoms with Crippen LogP contribution in [-0.2, 0) is 10.8 Å². The van der Waals surface area contributed by atoms with Crippen LogP contribution in [-0.4, -0.2) is 14.6 Å². The van der Waals surface area contributed by atoms with Crippen molar-refractivity contribution in [1.29, 1.82) is 0 Å². The smallest absolute Gasteiger partial charge is 0.169 e. The summed E-state index contributed by atoms with van der Waals surface area (Å²) in [6.07, 6.45) is 9.50. The zero-order valence-corrected chi connectivity index (χ0v) is 34.1. The fourth-order valence-electron chi connectivity index (χ4n) is 8.82. The van der Waals surface area contributed by atoms with E-state index in [4.69, 9.17) is 14.6 Å². The van der Waals surface area contributed by atoms with Gasteiger partial charge in [-0.15, -0.1) is 43.1 Å². The summed E-state index contributed by atoms with van der Waals surface area (Å²) in [5.74, 6) is 0.794. The van der Waals surface area contributed by atoms with Crippen molar-refractivity contribution in [3.8, 4) is 44.8 Å². The first-order chi connectivity index (χ1) is 29.8. The summed E-state index contributed by atoms with van der Waals surface area (Å²) >= 11 is 0. The molecule has 0 aliphatic carbocycles. The van der Waals surface area contributed by atoms with Gasteiger partial charge < -0.3 is 4.42 Å². The van der Waals surface area contributed by atoms with Crippen molar-refractivity contribution in [1.82, 2.24) is 14.6 Å². The molecule has 10 aromatic rings. The molecule has 0 saturated heterocycles. The van der Waals surface area contributed by atoms with Gasteiger partial charge in [0, 0.05) is 43.5 Å². The molecule has 0 radical (unpaired) electrons. The van der Waals surface area contributed by atoms with Crippen LogP contribution in [0.3, 0.4) is 0 Å². The molecule has 0 unspecified atom stereocenters. The van der Waals surface area contributed by atoms with Crippen LogP contribution >= 0.6 is 0 Å². The van der Waals surface area contributed by atoms with Crippen LogP contribution < -0.4 is 0 Å². The van der Waals surface area contributed by atoms with Crippen molar-refractivity contribution in [3.05, 3.63) is 226 Å². The lowest BCUT2D eigenvalue weighted by Gasteiger charge is -2.23. The van der Waals surface area contributed by atoms with E-state index < -0.39 is 5.41 Å². The van der Waals surface area contributed by atoms with Crippen molar-refractivity contribution in [2.75, 3.05) is 0 Å². The van der Waals surface area contributed by atoms with Gasteiger partial charge in [-0.2, -0.15) is 0 Å². The number of benzene rings is 7. The molecule has 10 rings (SSSR count). The van der Waals surface area contributed by atoms with Gasteiger partial charge in [0.05, 0.1) is 5.52 Å². The molecule has 4 nitrogen and oxygen atoms in total. The molecule has 0 saturated carbocycles. The van der Waals surface area contributed by atoms with E-state index in [2.05, 4.69) is 196 Å². The van der Waals surface area contributed by atoms with E-state index in [9.17, 15) is 0 Å². The predicted molar refractivity (Wildman–Crippen MR) is 257 cm³/mol. The Morgan fingerprint density at radius 2 is 1.03 bits per heavy atom. The van der Waals surface area contributed by atoms with Crippen LogP contribution in [0.1, 0.15) is 18.1 Å². The van der Waals surface area contributed by atoms with Gasteiger partial charge in [0.25, 0.3) is 0 Å². The van der Waals surface area contributed by atoms with Crippen LogP contribution in [0.25, 0.3) is 94.0 Å². The number of aromatic nitrogens is 3. The zero-order chi connectivity index (χ0) is 41.9. The summed E-state index contributed by atoms with van der Waals surface area (Å²) in [5, 5.41) is 15.0. The van der Waals surface area contributed by atoms with E-state index in [-0.39, 0.29) is 5.41 Å². The topological polar surface area (TPSA) is 43.3 Å². The molecule has 0 spiro atoms. The molecular formula is C57H43N3O. The molecule has 0 amide bonds. The Kier molecular flexibility index (Phi) is 8.89. The molecule has 292 valence electrons. The number of nitrogens with zero attached hydrogens (tertiary/aromatic N) is 3. The van der Waals surface area contributed by atoms with Crippen LogP contribution in [0, 0.1) is 0 Å². The lowest BCUT2D eigenvalue weighted by atomic mass is 9.80. The second-order valence-corrected chi connectivity index (χ2v) is 15.9. The normalized spacial score (nSPS) is 12.0. The Bertz CT molecular complexity index is 3370. The summed E-state index contributed by atoms with van der Waals surface area (Å²) in [6, 6.07) is 53.7. The fraction of sp³-hybridized carbons (Fsp3) is 0.0526. The van der Waals surface area contributed by atoms with Gasteiger partial charge in [0.2, 0.25) is 0 Å². The third-order valence-corrected chi connectivity index (χ3v) is 12.7. The van der Waals surface area contributed by atoms with Crippen molar-refractivity contribution in [3.63, 3.8) is 0 Å². The lowest BCUT2D eigenvalue weighted by molar-refractivity contribution is 0.670. The average molecular weight is 786 g/mol. The fourth-order valence-corrected chi connectivity index (χ4v) is 8.82. The quantitative estimate of drug-likeness (QED) is 0.0969. The Balaban J connectivity index is 1.12. The number of allylic oxidation sites excluding steroid dienone is 5. The van der Waals surface area contributed by atoms with E-state index in [0.717, 1.165) is 105 Å². The number of fused-ring (bicyclic) bond motifs is 9. The molecule has 3 aromatic heterocycles. The van der Waals surface area contributed by atoms with Crippen molar-refractivity contribution >= 4 is 49.3 Å². The van der Waals surface area contributed by atoms with Crippen LogP contribution in [0.15, 0.2) is 219 Å². The van der Waals surface area contributed by atoms with Gasteiger partial charge in [0.1, 0.15) is 11.2 Å². The number of furan rings is 1. The van der Waals surface area contributed by atoms with Crippen molar-refractivity contribution in [2.45, 2.75) is 17.8 Å². The number of para-hydroxylation sites is 1. The maximum absolute atomic E-state index is 6.79. The lowest BCUT2D eigenvalue weighted by Crippen LogP contribution is -2.16. The van der Waals surface area contributed by atoms with Crippen LogP contribution in [0.2, 0.25) is 0 Å². The van der Waals surface area contributed by atoms with E-state index >= 15 is 0 Å². The number of pyridine rings is 1. The molecule has 0 aliphatic heterocycles. The van der Waals surface area contributed by atoms with E-state index in [1.807, 2.05) is 30.4 Å². The minimum Gasteiger partial charge on any atom is -0.455 e. The Morgan fingerprint density at radius 1 is 0.475 bits per heavy atom. The molecule has 0 bridgehead atoms. The zero-order valence-electron chi connectivity index (χ0n) is 34.1. The van der Waals surface area contributed by atoms with Gasteiger partial charge in [-0.25, -0.2) is 0 Å². The maximum atomic E-state index is 6.79. The second kappa shape index (κ2) is 14.5. The van der Waals surface area contributed by atoms with E-state index in [1.54, 1.807) is 0 Å². The SMILES string of the molecule is C=CC(C)(C=C)c1ccc(-c2cc(-c3ccc(-c4nnc5c6ccccc6c6ccccc6n45)cc3)c3oc4ccc(-c5ccc(C(C=C)(C=C)C=C)cc5)cc4c3c2)cc1. The predicted octanol–water partition coefficient (Wildman–Crippen LogP) is 15.0. The molecular weight excluding hydrogens is 743 g/mol. The molecule has 4 heteroatoms. The van der Waals surface area contributed by atoms with Crippen LogP contribution in [0.4, 0.5) is 0 Å². The average Bonchev–Trinajstić information content (AvgIpc) is 3.95. The van der Waals surface area contributed by atoms with E-state index in [1.165, 1.54) is 0 Å². The number of rotatable bonds is 11. The first kappa shape index (κ1) is 37.5. The highest BCUT2D eigenvalue weighted by molar-refractivity contribution is 6.13. The number of hydrogen-bond donors (Lipinski definition) is 0. The van der Waals surface area contributed by atoms with Crippen LogP contribution in [0.5, 0.6) is 0 Å². The Hall–Kier alpha value is -7.82. The summed E-state index contributed by atoms with van der Waals surface area (Å²) in [7, 11) is 0. The minimum absolute atomic E-state index is 0.329. The molecule has 7 aromatic carbocycles. The van der Waals surface area contributed by atoms with Gasteiger partial charge in [-0.3, -0.25) is 4.40 Å². The highest BCUT2D eigenvalue weighted by Crippen LogP contribution is 2.42.